The van der Waals surface area contributed by atoms with Gasteiger partial charge in [-0.3, -0.25) is 9.59 Å². The number of hydrogen-bond donors (Lipinski definition) is 1. The number of nitrogens with two attached hydrogens (primary N) is 1. The van der Waals surface area contributed by atoms with Gasteiger partial charge in [-0.25, -0.2) is 4.98 Å². The lowest BCUT2D eigenvalue weighted by Crippen LogP contribution is -2.18. The first kappa shape index (κ1) is 11.2. The Morgan fingerprint density at radius 3 is 2.47 bits per heavy atom. The van der Waals surface area contributed by atoms with Gasteiger partial charge < -0.3 is 10.5 Å². The van der Waals surface area contributed by atoms with Crippen molar-refractivity contribution in [2.75, 3.05) is 7.11 Å². The van der Waals surface area contributed by atoms with Crippen LogP contribution in [0.2, 0.25) is 0 Å². The minimum atomic E-state index is -0.718. The van der Waals surface area contributed by atoms with E-state index in [1.807, 2.05) is 0 Å². The SMILES string of the molecule is COc1nc(C)cc(C(C)=O)c1C(N)=O. The predicted molar refractivity (Wildman–Crippen MR) is 54.0 cm³/mol. The molecule has 15 heavy (non-hydrogen) atoms. The summed E-state index contributed by atoms with van der Waals surface area (Å²) in [4.78, 5) is 26.4. The standard InChI is InChI=1S/C10H12N2O3/c1-5-4-7(6(2)13)8(9(11)14)10(12-5)15-3/h4H,1-3H3,(H2,11,14). The monoisotopic (exact) mass is 208 g/mol. The molecule has 0 spiro atoms. The molecule has 0 radical (unpaired) electrons. The maximum atomic E-state index is 11.3. The number of rotatable bonds is 3. The van der Waals surface area contributed by atoms with Crippen molar-refractivity contribution < 1.29 is 14.3 Å². The number of methoxy groups -OCH3 is 1. The molecular formula is C10H12N2O3. The van der Waals surface area contributed by atoms with E-state index in [1.165, 1.54) is 20.1 Å². The van der Waals surface area contributed by atoms with Gasteiger partial charge in [0.25, 0.3) is 5.91 Å². The van der Waals surface area contributed by atoms with Crippen molar-refractivity contribution in [1.82, 2.24) is 4.98 Å². The Morgan fingerprint density at radius 2 is 2.07 bits per heavy atom. The van der Waals surface area contributed by atoms with Crippen LogP contribution < -0.4 is 10.5 Å². The van der Waals surface area contributed by atoms with Gasteiger partial charge in [-0.1, -0.05) is 0 Å². The third-order valence-corrected chi connectivity index (χ3v) is 1.93. The molecule has 5 nitrogen and oxygen atoms in total. The van der Waals surface area contributed by atoms with Crippen LogP contribution in [0.1, 0.15) is 33.3 Å². The van der Waals surface area contributed by atoms with Crippen LogP contribution >= 0.6 is 0 Å². The Balaban J connectivity index is 3.54. The number of carbonyl (C=O) groups is 2. The summed E-state index contributed by atoms with van der Waals surface area (Å²) in [7, 11) is 1.37. The summed E-state index contributed by atoms with van der Waals surface area (Å²) >= 11 is 0. The number of pyridine rings is 1. The highest BCUT2D eigenvalue weighted by Crippen LogP contribution is 2.21. The zero-order valence-corrected chi connectivity index (χ0v) is 8.83. The van der Waals surface area contributed by atoms with Crippen LogP contribution in [0.4, 0.5) is 0 Å². The number of amides is 1. The Kier molecular flexibility index (Phi) is 3.04. The van der Waals surface area contributed by atoms with Gasteiger partial charge in [0.15, 0.2) is 5.78 Å². The smallest absolute Gasteiger partial charge is 0.254 e. The first-order valence-electron chi connectivity index (χ1n) is 4.33. The third-order valence-electron chi connectivity index (χ3n) is 1.93. The van der Waals surface area contributed by atoms with Gasteiger partial charge in [-0.2, -0.15) is 0 Å². The minimum Gasteiger partial charge on any atom is -0.480 e. The maximum absolute atomic E-state index is 11.3. The molecule has 2 N–H and O–H groups in total. The van der Waals surface area contributed by atoms with E-state index in [2.05, 4.69) is 4.98 Å². The molecule has 1 heterocycles. The minimum absolute atomic E-state index is 0.0376. The van der Waals surface area contributed by atoms with Crippen LogP contribution in [0.15, 0.2) is 6.07 Å². The summed E-state index contributed by atoms with van der Waals surface area (Å²) in [5, 5.41) is 0. The molecule has 1 aromatic rings. The predicted octanol–water partition coefficient (Wildman–Crippen LogP) is 0.700. The molecular weight excluding hydrogens is 196 g/mol. The van der Waals surface area contributed by atoms with E-state index in [4.69, 9.17) is 10.5 Å². The zero-order valence-electron chi connectivity index (χ0n) is 8.83. The Hall–Kier alpha value is -1.91. The molecule has 1 rings (SSSR count). The molecule has 0 atom stereocenters. The molecule has 0 aliphatic carbocycles. The number of ketones is 1. The summed E-state index contributed by atoms with van der Waals surface area (Å²) in [6.07, 6.45) is 0. The largest absolute Gasteiger partial charge is 0.480 e. The highest BCUT2D eigenvalue weighted by atomic mass is 16.5. The highest BCUT2D eigenvalue weighted by Gasteiger charge is 2.19. The van der Waals surface area contributed by atoms with Crippen molar-refractivity contribution >= 4 is 11.7 Å². The van der Waals surface area contributed by atoms with Gasteiger partial charge in [-0.05, 0) is 19.9 Å². The average Bonchev–Trinajstić information content (AvgIpc) is 2.15. The van der Waals surface area contributed by atoms with Gasteiger partial charge in [0, 0.05) is 11.3 Å². The number of ether oxygens (including phenoxy) is 1. The van der Waals surface area contributed by atoms with Crippen LogP contribution in [0, 0.1) is 6.92 Å². The van der Waals surface area contributed by atoms with Gasteiger partial charge in [0.2, 0.25) is 5.88 Å². The summed E-state index contributed by atoms with van der Waals surface area (Å²) < 4.78 is 4.91. The van der Waals surface area contributed by atoms with Crippen molar-refractivity contribution in [3.63, 3.8) is 0 Å². The molecule has 5 heteroatoms. The van der Waals surface area contributed by atoms with E-state index >= 15 is 0 Å². The van der Waals surface area contributed by atoms with Crippen molar-refractivity contribution in [1.29, 1.82) is 0 Å². The van der Waals surface area contributed by atoms with Crippen molar-refractivity contribution in [3.8, 4) is 5.88 Å². The van der Waals surface area contributed by atoms with E-state index < -0.39 is 5.91 Å². The number of primary amides is 1. The fourth-order valence-corrected chi connectivity index (χ4v) is 1.31. The first-order chi connectivity index (χ1) is 6.97. The van der Waals surface area contributed by atoms with Crippen LogP contribution in [-0.4, -0.2) is 23.8 Å². The third kappa shape index (κ3) is 2.12. The summed E-state index contributed by atoms with van der Waals surface area (Å²) in [6, 6.07) is 1.52. The Morgan fingerprint density at radius 1 is 1.47 bits per heavy atom. The highest BCUT2D eigenvalue weighted by molar-refractivity contribution is 6.08. The van der Waals surface area contributed by atoms with Crippen molar-refractivity contribution in [3.05, 3.63) is 22.9 Å². The number of aromatic nitrogens is 1. The van der Waals surface area contributed by atoms with Crippen LogP contribution in [-0.2, 0) is 0 Å². The Bertz CT molecular complexity index is 427. The Labute approximate surface area is 87.3 Å². The quantitative estimate of drug-likeness (QED) is 0.741. The molecule has 1 aromatic heterocycles. The fraction of sp³-hybridized carbons (Fsp3) is 0.300. The van der Waals surface area contributed by atoms with Gasteiger partial charge in [-0.15, -0.1) is 0 Å². The van der Waals surface area contributed by atoms with Crippen molar-refractivity contribution in [2.24, 2.45) is 5.73 Å². The number of aryl methyl sites for hydroxylation is 1. The molecule has 0 aromatic carbocycles. The van der Waals surface area contributed by atoms with E-state index in [1.54, 1.807) is 6.92 Å². The molecule has 0 unspecified atom stereocenters. The van der Waals surface area contributed by atoms with Crippen LogP contribution in [0.5, 0.6) is 5.88 Å². The lowest BCUT2D eigenvalue weighted by molar-refractivity contribution is 0.0969. The van der Waals surface area contributed by atoms with E-state index in [-0.39, 0.29) is 22.8 Å². The number of nitrogens with zero attached hydrogens (tertiary/aromatic N) is 1. The second-order valence-corrected chi connectivity index (χ2v) is 3.12. The normalized spacial score (nSPS) is 9.80. The van der Waals surface area contributed by atoms with Gasteiger partial charge in [0.05, 0.1) is 7.11 Å². The molecule has 0 saturated heterocycles. The lowest BCUT2D eigenvalue weighted by atomic mass is 10.0. The van der Waals surface area contributed by atoms with Crippen LogP contribution in [0.25, 0.3) is 0 Å². The second-order valence-electron chi connectivity index (χ2n) is 3.12. The molecule has 80 valence electrons. The fourth-order valence-electron chi connectivity index (χ4n) is 1.31. The number of Topliss-reactive ketones (excluding diaryl/α,β-unsaturated/α-hetero) is 1. The topological polar surface area (TPSA) is 82.3 Å². The second kappa shape index (κ2) is 4.08. The van der Waals surface area contributed by atoms with E-state index in [9.17, 15) is 9.59 Å². The molecule has 0 aliphatic heterocycles. The average molecular weight is 208 g/mol. The summed E-state index contributed by atoms with van der Waals surface area (Å²) in [5.41, 5.74) is 6.05. The number of hydrogen-bond acceptors (Lipinski definition) is 4. The summed E-state index contributed by atoms with van der Waals surface area (Å²) in [5.74, 6) is -0.871. The molecule has 0 aliphatic rings. The van der Waals surface area contributed by atoms with Crippen molar-refractivity contribution in [2.45, 2.75) is 13.8 Å². The van der Waals surface area contributed by atoms with Crippen LogP contribution in [0.3, 0.4) is 0 Å². The van der Waals surface area contributed by atoms with Gasteiger partial charge >= 0.3 is 0 Å². The molecule has 0 fully saturated rings. The summed E-state index contributed by atoms with van der Waals surface area (Å²) in [6.45, 7) is 3.07. The molecule has 1 amide bonds. The van der Waals surface area contributed by atoms with Gasteiger partial charge in [0.1, 0.15) is 5.56 Å². The molecule has 0 saturated carbocycles. The van der Waals surface area contributed by atoms with E-state index in [0.29, 0.717) is 5.69 Å². The first-order valence-corrected chi connectivity index (χ1v) is 4.33. The molecule has 0 bridgehead atoms. The zero-order chi connectivity index (χ0) is 11.6. The lowest BCUT2D eigenvalue weighted by Gasteiger charge is -2.09. The number of carbonyl (C=O) groups excluding carboxylic acids is 2. The maximum Gasteiger partial charge on any atom is 0.254 e. The van der Waals surface area contributed by atoms with E-state index in [0.717, 1.165) is 0 Å².